The molecule has 0 radical (unpaired) electrons. The summed E-state index contributed by atoms with van der Waals surface area (Å²) in [7, 11) is -1.14. The van der Waals surface area contributed by atoms with Crippen LogP contribution in [-0.2, 0) is 16.6 Å². The molecule has 0 aliphatic rings. The Morgan fingerprint density at radius 3 is 2.27 bits per heavy atom. The number of sulfonamides is 1. The lowest BCUT2D eigenvalue weighted by Crippen LogP contribution is -2.22. The summed E-state index contributed by atoms with van der Waals surface area (Å²) in [4.78, 5) is 9.01. The number of rotatable bonds is 12. The van der Waals surface area contributed by atoms with Gasteiger partial charge in [0.25, 0.3) is 10.0 Å². The van der Waals surface area contributed by atoms with Crippen molar-refractivity contribution >= 4 is 32.7 Å². The molecule has 0 saturated carbocycles. The number of nitrogens with one attached hydrogen (secondary N) is 2. The second-order valence-electron chi connectivity index (χ2n) is 8.47. The number of aliphatic hydroxyl groups excluding tert-OH is 2. The molecule has 1 atom stereocenters. The molecule has 0 fully saturated rings. The standard InChI is InChI=1S/C27H27N5O7S/c1-37-20-11-18(25(24(12-20)38-2)39-16-19(34)15-33)14-29-26-27(31-23-6-4-3-5-22(23)30-26)32-40(35,36)21-9-7-17(13-28)8-10-21/h3-12,19,33-34H,14-16H2,1-2H3,(H,29,30)(H,31,32). The van der Waals surface area contributed by atoms with E-state index in [0.717, 1.165) is 0 Å². The molecule has 0 amide bonds. The van der Waals surface area contributed by atoms with Crippen LogP contribution in [0.25, 0.3) is 11.0 Å². The fraction of sp³-hybridized carbons (Fsp3) is 0.222. The maximum Gasteiger partial charge on any atom is 0.263 e. The van der Waals surface area contributed by atoms with Gasteiger partial charge in [-0.05, 0) is 42.5 Å². The van der Waals surface area contributed by atoms with Crippen molar-refractivity contribution < 1.29 is 32.8 Å². The number of aromatic nitrogens is 2. The molecule has 13 heteroatoms. The molecular weight excluding hydrogens is 538 g/mol. The van der Waals surface area contributed by atoms with Crippen LogP contribution in [0.2, 0.25) is 0 Å². The molecular formula is C27H27N5O7S. The highest BCUT2D eigenvalue weighted by atomic mass is 32.2. The number of para-hydroxylation sites is 2. The van der Waals surface area contributed by atoms with E-state index < -0.39 is 22.7 Å². The topological polar surface area (TPSA) is 176 Å². The molecule has 4 aromatic rings. The van der Waals surface area contributed by atoms with Gasteiger partial charge in [0.1, 0.15) is 18.5 Å². The number of benzene rings is 3. The first-order valence-corrected chi connectivity index (χ1v) is 13.5. The SMILES string of the molecule is COc1cc(CNc2nc3ccccc3nc2NS(=O)(=O)c2ccc(C#N)cc2)c(OCC(O)CO)c(OC)c1. The van der Waals surface area contributed by atoms with Gasteiger partial charge in [-0.3, -0.25) is 4.72 Å². The first-order chi connectivity index (χ1) is 19.3. The van der Waals surface area contributed by atoms with Crippen molar-refractivity contribution in [1.82, 2.24) is 9.97 Å². The molecule has 3 aromatic carbocycles. The van der Waals surface area contributed by atoms with Crippen molar-refractivity contribution in [2.75, 3.05) is 37.5 Å². The minimum Gasteiger partial charge on any atom is -0.497 e. The summed E-state index contributed by atoms with van der Waals surface area (Å²) in [5.41, 5.74) is 1.86. The number of hydrogen-bond acceptors (Lipinski definition) is 11. The second-order valence-corrected chi connectivity index (χ2v) is 10.2. The van der Waals surface area contributed by atoms with Gasteiger partial charge in [0.05, 0.1) is 48.4 Å². The van der Waals surface area contributed by atoms with Gasteiger partial charge < -0.3 is 29.7 Å². The average molecular weight is 566 g/mol. The van der Waals surface area contributed by atoms with E-state index in [-0.39, 0.29) is 35.4 Å². The van der Waals surface area contributed by atoms with Crippen molar-refractivity contribution in [2.45, 2.75) is 17.5 Å². The summed E-state index contributed by atoms with van der Waals surface area (Å²) < 4.78 is 45.4. The van der Waals surface area contributed by atoms with Gasteiger partial charge >= 0.3 is 0 Å². The van der Waals surface area contributed by atoms with E-state index in [9.17, 15) is 18.6 Å². The number of ether oxygens (including phenoxy) is 3. The van der Waals surface area contributed by atoms with E-state index in [1.54, 1.807) is 36.4 Å². The smallest absolute Gasteiger partial charge is 0.263 e. The average Bonchev–Trinajstić information content (AvgIpc) is 2.98. The minimum absolute atomic E-state index is 0.0453. The lowest BCUT2D eigenvalue weighted by molar-refractivity contribution is 0.0524. The van der Waals surface area contributed by atoms with Crippen LogP contribution in [-0.4, -0.2) is 62.1 Å². The van der Waals surface area contributed by atoms with Crippen LogP contribution < -0.4 is 24.2 Å². The van der Waals surface area contributed by atoms with Crippen molar-refractivity contribution in [3.05, 3.63) is 71.8 Å². The van der Waals surface area contributed by atoms with Crippen LogP contribution in [0.5, 0.6) is 17.2 Å². The second kappa shape index (κ2) is 12.5. The van der Waals surface area contributed by atoms with Gasteiger partial charge in [0.2, 0.25) is 0 Å². The number of hydrogen-bond donors (Lipinski definition) is 4. The molecule has 40 heavy (non-hydrogen) atoms. The van der Waals surface area contributed by atoms with E-state index >= 15 is 0 Å². The number of nitriles is 1. The van der Waals surface area contributed by atoms with Crippen LogP contribution in [0.1, 0.15) is 11.1 Å². The zero-order valence-corrected chi connectivity index (χ0v) is 22.5. The van der Waals surface area contributed by atoms with Crippen molar-refractivity contribution in [3.63, 3.8) is 0 Å². The summed E-state index contributed by atoms with van der Waals surface area (Å²) in [5, 5.41) is 31.1. The van der Waals surface area contributed by atoms with Crippen LogP contribution in [0.15, 0.2) is 65.6 Å². The van der Waals surface area contributed by atoms with E-state index in [4.69, 9.17) is 19.5 Å². The van der Waals surface area contributed by atoms with Gasteiger partial charge in [-0.25, -0.2) is 18.4 Å². The monoisotopic (exact) mass is 565 g/mol. The van der Waals surface area contributed by atoms with E-state index in [0.29, 0.717) is 33.7 Å². The Morgan fingerprint density at radius 2 is 1.68 bits per heavy atom. The summed E-state index contributed by atoms with van der Waals surface area (Å²) >= 11 is 0. The molecule has 0 aliphatic carbocycles. The highest BCUT2D eigenvalue weighted by Gasteiger charge is 2.21. The maximum absolute atomic E-state index is 13.2. The van der Waals surface area contributed by atoms with Gasteiger partial charge in [-0.15, -0.1) is 0 Å². The molecule has 0 aliphatic heterocycles. The minimum atomic E-state index is -4.08. The largest absolute Gasteiger partial charge is 0.497 e. The van der Waals surface area contributed by atoms with Crippen LogP contribution in [0.4, 0.5) is 11.6 Å². The highest BCUT2D eigenvalue weighted by molar-refractivity contribution is 7.92. The maximum atomic E-state index is 13.2. The van der Waals surface area contributed by atoms with Crippen molar-refractivity contribution in [2.24, 2.45) is 0 Å². The van der Waals surface area contributed by atoms with Crippen LogP contribution in [0.3, 0.4) is 0 Å². The van der Waals surface area contributed by atoms with E-state index in [1.165, 1.54) is 38.5 Å². The van der Waals surface area contributed by atoms with Gasteiger partial charge in [-0.1, -0.05) is 12.1 Å². The summed E-state index contributed by atoms with van der Waals surface area (Å²) in [6.45, 7) is -0.615. The van der Waals surface area contributed by atoms with E-state index in [2.05, 4.69) is 20.0 Å². The molecule has 1 unspecified atom stereocenters. The lowest BCUT2D eigenvalue weighted by atomic mass is 10.1. The quantitative estimate of drug-likeness (QED) is 0.199. The number of methoxy groups -OCH3 is 2. The van der Waals surface area contributed by atoms with Gasteiger partial charge in [0.15, 0.2) is 23.1 Å². The fourth-order valence-corrected chi connectivity index (χ4v) is 4.71. The van der Waals surface area contributed by atoms with Crippen molar-refractivity contribution in [1.29, 1.82) is 5.26 Å². The fourth-order valence-electron chi connectivity index (χ4n) is 3.70. The molecule has 1 heterocycles. The molecule has 4 rings (SSSR count). The van der Waals surface area contributed by atoms with Crippen LogP contribution in [0, 0.1) is 11.3 Å². The molecule has 1 aromatic heterocycles. The third kappa shape index (κ3) is 6.49. The Kier molecular flexibility index (Phi) is 8.85. The zero-order chi connectivity index (χ0) is 28.7. The molecule has 0 bridgehead atoms. The van der Waals surface area contributed by atoms with E-state index in [1.807, 2.05) is 6.07 Å². The summed E-state index contributed by atoms with van der Waals surface area (Å²) in [6, 6.07) is 17.7. The molecule has 0 saturated heterocycles. The predicted molar refractivity (Wildman–Crippen MR) is 147 cm³/mol. The molecule has 0 spiro atoms. The lowest BCUT2D eigenvalue weighted by Gasteiger charge is -2.19. The first kappa shape index (κ1) is 28.4. The molecule has 208 valence electrons. The Labute approximate surface area is 230 Å². The number of aliphatic hydroxyl groups is 2. The third-order valence-corrected chi connectivity index (χ3v) is 7.09. The third-order valence-electron chi connectivity index (χ3n) is 5.73. The number of nitrogens with zero attached hydrogens (tertiary/aromatic N) is 3. The van der Waals surface area contributed by atoms with Crippen LogP contribution >= 0.6 is 0 Å². The summed E-state index contributed by atoms with van der Waals surface area (Å²) in [6.07, 6.45) is -1.11. The first-order valence-electron chi connectivity index (χ1n) is 12.0. The van der Waals surface area contributed by atoms with Gasteiger partial charge in [-0.2, -0.15) is 5.26 Å². The zero-order valence-electron chi connectivity index (χ0n) is 21.7. The Bertz CT molecular complexity index is 1640. The van der Waals surface area contributed by atoms with Gasteiger partial charge in [0, 0.05) is 18.2 Å². The molecule has 4 N–H and O–H groups in total. The molecule has 12 nitrogen and oxygen atoms in total. The Morgan fingerprint density at radius 1 is 1.00 bits per heavy atom. The number of fused-ring (bicyclic) bond motifs is 1. The Hall–Kier alpha value is -4.64. The predicted octanol–water partition coefficient (Wildman–Crippen LogP) is 2.66. The highest BCUT2D eigenvalue weighted by Crippen LogP contribution is 2.37. The Balaban J connectivity index is 1.71. The number of anilines is 2. The normalized spacial score (nSPS) is 11.9. The summed E-state index contributed by atoms with van der Waals surface area (Å²) in [5.74, 6) is 1.18. The van der Waals surface area contributed by atoms with Crippen molar-refractivity contribution in [3.8, 4) is 23.3 Å².